The molecule has 0 aromatic carbocycles. The molecule has 0 radical (unpaired) electrons. The molecule has 0 unspecified atom stereocenters. The summed E-state index contributed by atoms with van der Waals surface area (Å²) in [7, 11) is -2.83. The zero-order valence-electron chi connectivity index (χ0n) is 5.06. The molecule has 0 saturated heterocycles. The molecule has 0 aliphatic rings. The first kappa shape index (κ1) is 8.25. The van der Waals surface area contributed by atoms with Crippen LogP contribution in [0.5, 0.6) is 0 Å². The third kappa shape index (κ3) is 2.53. The van der Waals surface area contributed by atoms with Gasteiger partial charge in [0.15, 0.2) is 0 Å². The molecule has 0 aliphatic carbocycles. The van der Waals surface area contributed by atoms with E-state index >= 15 is 0 Å². The Labute approximate surface area is 49.7 Å². The van der Waals surface area contributed by atoms with E-state index in [1.54, 1.807) is 13.8 Å². The Morgan fingerprint density at radius 1 is 1.25 bits per heavy atom. The summed E-state index contributed by atoms with van der Waals surface area (Å²) in [5.41, 5.74) is 0. The Balaban J connectivity index is 3.35. The highest BCUT2D eigenvalue weighted by molar-refractivity contribution is 7.43. The van der Waals surface area contributed by atoms with E-state index in [-0.39, 0.29) is 0 Å². The largest absolute Gasteiger partial charge is 0.345 e. The van der Waals surface area contributed by atoms with Gasteiger partial charge in [-0.05, 0) is 0 Å². The van der Waals surface area contributed by atoms with Crippen LogP contribution in [0.3, 0.4) is 0 Å². The summed E-state index contributed by atoms with van der Waals surface area (Å²) in [6.07, 6.45) is 0. The van der Waals surface area contributed by atoms with Crippen LogP contribution in [0.2, 0.25) is 0 Å². The van der Waals surface area contributed by atoms with E-state index < -0.39 is 8.69 Å². The van der Waals surface area contributed by atoms with Crippen molar-refractivity contribution in [3.8, 4) is 0 Å². The van der Waals surface area contributed by atoms with Crippen LogP contribution in [0.1, 0.15) is 13.8 Å². The smallest absolute Gasteiger partial charge is 0.230 e. The third-order valence-corrected chi connectivity index (χ3v) is 1.94. The van der Waals surface area contributed by atoms with Gasteiger partial charge in [0.1, 0.15) is 0 Å². The highest BCUT2D eigenvalue weighted by Gasteiger charge is 2.11. The molecule has 0 heterocycles. The minimum absolute atomic E-state index is 0.454. The number of hydrogen-bond donors (Lipinski definition) is 0. The van der Waals surface area contributed by atoms with Gasteiger partial charge in [0.2, 0.25) is 0 Å². The van der Waals surface area contributed by atoms with Crippen LogP contribution < -0.4 is 0 Å². The molecule has 0 N–H and O–H groups in total. The van der Waals surface area contributed by atoms with E-state index in [4.69, 9.17) is 0 Å². The Morgan fingerprint density at radius 2 is 1.62 bits per heavy atom. The number of rotatable bonds is 3. The van der Waals surface area contributed by atoms with Crippen molar-refractivity contribution >= 4 is 8.69 Å². The topological polar surface area (TPSA) is 3.24 Å². The molecule has 0 rings (SSSR count). The van der Waals surface area contributed by atoms with Gasteiger partial charge < -0.3 is 0 Å². The van der Waals surface area contributed by atoms with Gasteiger partial charge in [-0.15, -0.1) is 0 Å². The summed E-state index contributed by atoms with van der Waals surface area (Å²) < 4.78 is 24.5. The minimum atomic E-state index is -2.83. The van der Waals surface area contributed by atoms with Gasteiger partial charge in [0.25, 0.3) is 0 Å². The second-order valence-corrected chi connectivity index (χ2v) is 2.35. The molecule has 0 amide bonds. The highest BCUT2D eigenvalue weighted by Crippen LogP contribution is 2.42. The van der Waals surface area contributed by atoms with Crippen molar-refractivity contribution in [2.24, 2.45) is 0 Å². The fourth-order valence-electron chi connectivity index (χ4n) is 0.437. The first-order chi connectivity index (χ1) is 3.72. The Kier molecular flexibility index (Phi) is 4.29. The number of nitrogens with zero attached hydrogens (tertiary/aromatic N) is 1. The summed E-state index contributed by atoms with van der Waals surface area (Å²) in [5, 5.41) is 0. The fourth-order valence-corrected chi connectivity index (χ4v) is 0.865. The quantitative estimate of drug-likeness (QED) is 0.546. The van der Waals surface area contributed by atoms with E-state index in [9.17, 15) is 8.39 Å². The van der Waals surface area contributed by atoms with Gasteiger partial charge in [-0.1, -0.05) is 13.8 Å². The van der Waals surface area contributed by atoms with Crippen LogP contribution in [0.25, 0.3) is 0 Å². The zero-order chi connectivity index (χ0) is 6.57. The maximum atomic E-state index is 11.7. The third-order valence-electron chi connectivity index (χ3n) is 0.944. The van der Waals surface area contributed by atoms with Crippen LogP contribution >= 0.6 is 8.69 Å². The first-order valence-electron chi connectivity index (χ1n) is 2.58. The molecular formula is C4H10F2NP. The van der Waals surface area contributed by atoms with E-state index in [0.29, 0.717) is 13.1 Å². The molecule has 0 aromatic heterocycles. The Bertz CT molecular complexity index is 56.0. The number of halogens is 2. The maximum Gasteiger partial charge on any atom is 0.345 e. The summed E-state index contributed by atoms with van der Waals surface area (Å²) in [6.45, 7) is 4.38. The standard InChI is InChI=1S/C4H10F2NP/c1-3-7(4-2)8(5)6/h3-4H2,1-2H3. The van der Waals surface area contributed by atoms with Gasteiger partial charge in [-0.2, -0.15) is 8.39 Å². The van der Waals surface area contributed by atoms with Crippen molar-refractivity contribution in [3.05, 3.63) is 0 Å². The first-order valence-corrected chi connectivity index (χ1v) is 3.66. The van der Waals surface area contributed by atoms with Gasteiger partial charge in [-0.3, -0.25) is 0 Å². The lowest BCUT2D eigenvalue weighted by molar-refractivity contribution is 0.449. The summed E-state index contributed by atoms with van der Waals surface area (Å²) >= 11 is 0. The van der Waals surface area contributed by atoms with Crippen LogP contribution in [0, 0.1) is 0 Å². The summed E-state index contributed by atoms with van der Waals surface area (Å²) in [4.78, 5) is 0. The summed E-state index contributed by atoms with van der Waals surface area (Å²) in [5.74, 6) is 0. The average molecular weight is 141 g/mol. The van der Waals surface area contributed by atoms with E-state index in [1.165, 1.54) is 0 Å². The molecule has 0 saturated carbocycles. The molecule has 8 heavy (non-hydrogen) atoms. The van der Waals surface area contributed by atoms with Crippen molar-refractivity contribution in [2.45, 2.75) is 13.8 Å². The zero-order valence-corrected chi connectivity index (χ0v) is 5.96. The normalized spacial score (nSPS) is 11.2. The van der Waals surface area contributed by atoms with Crippen LogP contribution in [-0.4, -0.2) is 17.8 Å². The molecule has 0 atom stereocenters. The SMILES string of the molecule is CCN(CC)P(F)F. The molecule has 0 aromatic rings. The predicted molar refractivity (Wildman–Crippen MR) is 32.1 cm³/mol. The van der Waals surface area contributed by atoms with Crippen molar-refractivity contribution in [3.63, 3.8) is 0 Å². The molecule has 1 nitrogen and oxygen atoms in total. The number of hydrogen-bond acceptors (Lipinski definition) is 1. The molecule has 0 fully saturated rings. The van der Waals surface area contributed by atoms with Crippen molar-refractivity contribution in [1.29, 1.82) is 0 Å². The lowest BCUT2D eigenvalue weighted by Gasteiger charge is -2.13. The van der Waals surface area contributed by atoms with Gasteiger partial charge in [-0.25, -0.2) is 4.67 Å². The van der Waals surface area contributed by atoms with Crippen LogP contribution in [-0.2, 0) is 0 Å². The fraction of sp³-hybridized carbons (Fsp3) is 1.00. The second-order valence-electron chi connectivity index (χ2n) is 1.35. The molecular weight excluding hydrogens is 131 g/mol. The van der Waals surface area contributed by atoms with Gasteiger partial charge >= 0.3 is 8.69 Å². The van der Waals surface area contributed by atoms with Crippen molar-refractivity contribution < 1.29 is 8.39 Å². The molecule has 0 spiro atoms. The van der Waals surface area contributed by atoms with Gasteiger partial charge in [0, 0.05) is 13.1 Å². The maximum absolute atomic E-state index is 11.7. The summed E-state index contributed by atoms with van der Waals surface area (Å²) in [6, 6.07) is 0. The highest BCUT2D eigenvalue weighted by atomic mass is 31.2. The van der Waals surface area contributed by atoms with E-state index in [2.05, 4.69) is 0 Å². The molecule has 50 valence electrons. The molecule has 0 aliphatic heterocycles. The van der Waals surface area contributed by atoms with Crippen LogP contribution in [0.4, 0.5) is 8.39 Å². The molecule has 4 heteroatoms. The lowest BCUT2D eigenvalue weighted by atomic mass is 10.7. The van der Waals surface area contributed by atoms with E-state index in [0.717, 1.165) is 4.67 Å². The van der Waals surface area contributed by atoms with Gasteiger partial charge in [0.05, 0.1) is 0 Å². The molecule has 0 bridgehead atoms. The Hall–Kier alpha value is 0.250. The second kappa shape index (κ2) is 4.16. The average Bonchev–Trinajstić information content (AvgIpc) is 1.69. The monoisotopic (exact) mass is 141 g/mol. The lowest BCUT2D eigenvalue weighted by Crippen LogP contribution is -2.12. The van der Waals surface area contributed by atoms with Crippen LogP contribution in [0.15, 0.2) is 0 Å². The Morgan fingerprint density at radius 3 is 1.62 bits per heavy atom. The predicted octanol–water partition coefficient (Wildman–Crippen LogP) is 2.49. The van der Waals surface area contributed by atoms with Crippen molar-refractivity contribution in [1.82, 2.24) is 4.67 Å². The van der Waals surface area contributed by atoms with Crippen molar-refractivity contribution in [2.75, 3.05) is 13.1 Å². The van der Waals surface area contributed by atoms with E-state index in [1.807, 2.05) is 0 Å². The minimum Gasteiger partial charge on any atom is -0.230 e.